The maximum Gasteiger partial charge on any atom is 0.410 e. The third kappa shape index (κ3) is 5.08. The zero-order valence-corrected chi connectivity index (χ0v) is 11.0. The molecule has 0 radical (unpaired) electrons. The van der Waals surface area contributed by atoms with Gasteiger partial charge in [0.1, 0.15) is 5.60 Å². The minimum Gasteiger partial charge on any atom is -0.444 e. The Balaban J connectivity index is 2.48. The summed E-state index contributed by atoms with van der Waals surface area (Å²) >= 11 is 0. The summed E-state index contributed by atoms with van der Waals surface area (Å²) in [6, 6.07) is 2.08. The lowest BCUT2D eigenvalue weighted by Gasteiger charge is -2.33. The molecule has 1 aliphatic rings. The molecule has 0 spiro atoms. The van der Waals surface area contributed by atoms with Gasteiger partial charge in [-0.25, -0.2) is 4.79 Å². The van der Waals surface area contributed by atoms with E-state index >= 15 is 0 Å². The SMILES string of the molecule is CC(C)(C)OC(=O)N(CCC#N)CC1CCC1. The number of hydrogen-bond donors (Lipinski definition) is 0. The van der Waals surface area contributed by atoms with Crippen LogP contribution in [-0.2, 0) is 4.74 Å². The van der Waals surface area contributed by atoms with Gasteiger partial charge in [0.05, 0.1) is 12.5 Å². The van der Waals surface area contributed by atoms with Crippen LogP contribution in [0, 0.1) is 17.2 Å². The Morgan fingerprint density at radius 3 is 2.53 bits per heavy atom. The van der Waals surface area contributed by atoms with E-state index in [2.05, 4.69) is 6.07 Å². The molecule has 1 aliphatic carbocycles. The Morgan fingerprint density at radius 2 is 2.12 bits per heavy atom. The van der Waals surface area contributed by atoms with Crippen LogP contribution in [0.1, 0.15) is 46.5 Å². The third-order valence-corrected chi connectivity index (χ3v) is 2.85. The second-order valence-electron chi connectivity index (χ2n) is 5.63. The van der Waals surface area contributed by atoms with Gasteiger partial charge in [0.2, 0.25) is 0 Å². The molecule has 0 aliphatic heterocycles. The molecule has 96 valence electrons. The Hall–Kier alpha value is -1.24. The lowest BCUT2D eigenvalue weighted by Crippen LogP contribution is -2.41. The van der Waals surface area contributed by atoms with Gasteiger partial charge in [-0.1, -0.05) is 6.42 Å². The van der Waals surface area contributed by atoms with Crippen LogP contribution in [0.5, 0.6) is 0 Å². The summed E-state index contributed by atoms with van der Waals surface area (Å²) in [4.78, 5) is 13.6. The molecule has 1 rings (SSSR count). The van der Waals surface area contributed by atoms with Crippen LogP contribution >= 0.6 is 0 Å². The van der Waals surface area contributed by atoms with Gasteiger partial charge in [-0.05, 0) is 39.5 Å². The van der Waals surface area contributed by atoms with Crippen molar-refractivity contribution in [3.63, 3.8) is 0 Å². The number of rotatable bonds is 4. The highest BCUT2D eigenvalue weighted by Gasteiger charge is 2.26. The molecule has 0 aromatic carbocycles. The standard InChI is InChI=1S/C13H22N2O2/c1-13(2,3)17-12(16)15(9-5-8-14)10-11-6-4-7-11/h11H,4-7,9-10H2,1-3H3. The predicted molar refractivity (Wildman–Crippen MR) is 65.4 cm³/mol. The first-order chi connectivity index (χ1) is 7.92. The minimum atomic E-state index is -0.471. The van der Waals surface area contributed by atoms with Crippen LogP contribution in [-0.4, -0.2) is 29.7 Å². The van der Waals surface area contributed by atoms with Crippen LogP contribution in [0.4, 0.5) is 4.79 Å². The third-order valence-electron chi connectivity index (χ3n) is 2.85. The summed E-state index contributed by atoms with van der Waals surface area (Å²) in [7, 11) is 0. The molecular formula is C13H22N2O2. The van der Waals surface area contributed by atoms with Crippen molar-refractivity contribution in [1.82, 2.24) is 4.90 Å². The zero-order valence-electron chi connectivity index (χ0n) is 11.0. The zero-order chi connectivity index (χ0) is 12.9. The summed E-state index contributed by atoms with van der Waals surface area (Å²) in [5.74, 6) is 0.598. The van der Waals surface area contributed by atoms with Crippen molar-refractivity contribution in [3.05, 3.63) is 0 Å². The van der Waals surface area contributed by atoms with E-state index in [1.165, 1.54) is 19.3 Å². The maximum absolute atomic E-state index is 11.9. The van der Waals surface area contributed by atoms with Crippen LogP contribution < -0.4 is 0 Å². The average Bonchev–Trinajstić information content (AvgIpc) is 2.12. The molecule has 0 saturated heterocycles. The second kappa shape index (κ2) is 5.90. The smallest absolute Gasteiger partial charge is 0.410 e. The van der Waals surface area contributed by atoms with Crippen molar-refractivity contribution in [2.75, 3.05) is 13.1 Å². The number of carbonyl (C=O) groups excluding carboxylic acids is 1. The van der Waals surface area contributed by atoms with E-state index in [1.54, 1.807) is 4.90 Å². The molecule has 0 atom stereocenters. The van der Waals surface area contributed by atoms with Gasteiger partial charge < -0.3 is 9.64 Å². The van der Waals surface area contributed by atoms with Crippen molar-refractivity contribution in [3.8, 4) is 6.07 Å². The quantitative estimate of drug-likeness (QED) is 0.756. The van der Waals surface area contributed by atoms with E-state index in [9.17, 15) is 4.79 Å². The van der Waals surface area contributed by atoms with Gasteiger partial charge in [0.25, 0.3) is 0 Å². The first-order valence-corrected chi connectivity index (χ1v) is 6.27. The van der Waals surface area contributed by atoms with Gasteiger partial charge in [-0.2, -0.15) is 5.26 Å². The van der Waals surface area contributed by atoms with Crippen LogP contribution in [0.25, 0.3) is 0 Å². The van der Waals surface area contributed by atoms with Crippen LogP contribution in [0.3, 0.4) is 0 Å². The molecule has 0 aromatic rings. The number of carbonyl (C=O) groups is 1. The average molecular weight is 238 g/mol. The van der Waals surface area contributed by atoms with Gasteiger partial charge in [-0.15, -0.1) is 0 Å². The summed E-state index contributed by atoms with van der Waals surface area (Å²) in [5.41, 5.74) is -0.471. The number of nitrogens with zero attached hydrogens (tertiary/aromatic N) is 2. The molecule has 4 nitrogen and oxygen atoms in total. The molecule has 0 unspecified atom stereocenters. The van der Waals surface area contributed by atoms with E-state index < -0.39 is 5.60 Å². The number of nitriles is 1. The predicted octanol–water partition coefficient (Wildman–Crippen LogP) is 2.94. The first kappa shape index (κ1) is 13.8. The molecule has 4 heteroatoms. The molecule has 1 fully saturated rings. The summed E-state index contributed by atoms with van der Waals surface area (Å²) in [6.07, 6.45) is 3.70. The van der Waals surface area contributed by atoms with E-state index in [0.29, 0.717) is 18.9 Å². The van der Waals surface area contributed by atoms with Gasteiger partial charge in [0, 0.05) is 13.1 Å². The first-order valence-electron chi connectivity index (χ1n) is 6.27. The van der Waals surface area contributed by atoms with Gasteiger partial charge in [-0.3, -0.25) is 0 Å². The fourth-order valence-corrected chi connectivity index (χ4v) is 1.76. The molecule has 0 aromatic heterocycles. The number of ether oxygens (including phenoxy) is 1. The minimum absolute atomic E-state index is 0.292. The normalized spacial score (nSPS) is 15.9. The monoisotopic (exact) mass is 238 g/mol. The molecule has 0 heterocycles. The van der Waals surface area contributed by atoms with E-state index in [0.717, 1.165) is 6.54 Å². The van der Waals surface area contributed by atoms with Crippen molar-refractivity contribution in [2.24, 2.45) is 5.92 Å². The molecule has 1 amide bonds. The highest BCUT2D eigenvalue weighted by molar-refractivity contribution is 5.68. The van der Waals surface area contributed by atoms with Gasteiger partial charge >= 0.3 is 6.09 Å². The summed E-state index contributed by atoms with van der Waals surface area (Å²) in [6.45, 7) is 6.78. The van der Waals surface area contributed by atoms with Crippen molar-refractivity contribution in [1.29, 1.82) is 5.26 Å². The van der Waals surface area contributed by atoms with Crippen molar-refractivity contribution < 1.29 is 9.53 Å². The molecular weight excluding hydrogens is 216 g/mol. The topological polar surface area (TPSA) is 53.3 Å². The highest BCUT2D eigenvalue weighted by Crippen LogP contribution is 2.27. The Labute approximate surface area is 104 Å². The fraction of sp³-hybridized carbons (Fsp3) is 0.846. The molecule has 0 N–H and O–H groups in total. The van der Waals surface area contributed by atoms with Gasteiger partial charge in [0.15, 0.2) is 0 Å². The molecule has 1 saturated carbocycles. The second-order valence-corrected chi connectivity index (χ2v) is 5.63. The van der Waals surface area contributed by atoms with Crippen molar-refractivity contribution >= 4 is 6.09 Å². The van der Waals surface area contributed by atoms with Crippen LogP contribution in [0.15, 0.2) is 0 Å². The Kier molecular flexibility index (Phi) is 4.80. The van der Waals surface area contributed by atoms with E-state index in [4.69, 9.17) is 10.00 Å². The van der Waals surface area contributed by atoms with E-state index in [1.807, 2.05) is 20.8 Å². The van der Waals surface area contributed by atoms with Crippen LogP contribution in [0.2, 0.25) is 0 Å². The maximum atomic E-state index is 11.9. The molecule has 17 heavy (non-hydrogen) atoms. The van der Waals surface area contributed by atoms with Crippen molar-refractivity contribution in [2.45, 2.75) is 52.1 Å². The lowest BCUT2D eigenvalue weighted by molar-refractivity contribution is 0.0196. The summed E-state index contributed by atoms with van der Waals surface area (Å²) in [5, 5.41) is 8.61. The van der Waals surface area contributed by atoms with E-state index in [-0.39, 0.29) is 6.09 Å². The number of amides is 1. The Bertz CT molecular complexity index is 298. The fourth-order valence-electron chi connectivity index (χ4n) is 1.76. The molecule has 0 bridgehead atoms. The number of hydrogen-bond acceptors (Lipinski definition) is 3. The lowest BCUT2D eigenvalue weighted by atomic mass is 9.85. The Morgan fingerprint density at radius 1 is 1.47 bits per heavy atom. The summed E-state index contributed by atoms with van der Waals surface area (Å²) < 4.78 is 5.34. The highest BCUT2D eigenvalue weighted by atomic mass is 16.6. The largest absolute Gasteiger partial charge is 0.444 e.